The molecule has 0 spiro atoms. The molecule has 2 N–H and O–H groups in total. The third kappa shape index (κ3) is 5.04. The number of carbonyl (C=O) groups is 1. The van der Waals surface area contributed by atoms with Gasteiger partial charge in [0.05, 0.1) is 17.9 Å². The van der Waals surface area contributed by atoms with Crippen molar-refractivity contribution < 1.29 is 13.2 Å². The standard InChI is InChI=1S/C21H19ClN6O3S/c1-32(30,31)13-20-24-19(25-26-20)12-23-21(29)17-11-18(15-9-5-6-10-16(15)22)28(27-17)14-7-3-2-4-8-14/h2-11H,12-13H2,1H3,(H,23,29)(H,24,25,26). The average molecular weight is 471 g/mol. The lowest BCUT2D eigenvalue weighted by atomic mass is 10.1. The van der Waals surface area contributed by atoms with Crippen molar-refractivity contribution in [1.82, 2.24) is 30.3 Å². The number of hydrogen-bond donors (Lipinski definition) is 2. The van der Waals surface area contributed by atoms with Gasteiger partial charge < -0.3 is 5.32 Å². The Balaban J connectivity index is 1.59. The van der Waals surface area contributed by atoms with Gasteiger partial charge in [-0.3, -0.25) is 9.89 Å². The van der Waals surface area contributed by atoms with Crippen LogP contribution in [-0.4, -0.2) is 45.5 Å². The van der Waals surface area contributed by atoms with Gasteiger partial charge >= 0.3 is 0 Å². The zero-order valence-corrected chi connectivity index (χ0v) is 18.6. The molecule has 9 nitrogen and oxygen atoms in total. The zero-order valence-electron chi connectivity index (χ0n) is 17.0. The number of nitrogens with zero attached hydrogens (tertiary/aromatic N) is 4. The fourth-order valence-corrected chi connectivity index (χ4v) is 3.92. The van der Waals surface area contributed by atoms with E-state index < -0.39 is 15.7 Å². The third-order valence-corrected chi connectivity index (χ3v) is 5.59. The van der Waals surface area contributed by atoms with E-state index in [9.17, 15) is 13.2 Å². The van der Waals surface area contributed by atoms with E-state index >= 15 is 0 Å². The van der Waals surface area contributed by atoms with Crippen molar-refractivity contribution >= 4 is 27.3 Å². The Morgan fingerprint density at radius 2 is 1.84 bits per heavy atom. The molecular weight excluding hydrogens is 452 g/mol. The first-order valence-corrected chi connectivity index (χ1v) is 12.0. The lowest BCUT2D eigenvalue weighted by Crippen LogP contribution is -2.24. The number of halogens is 1. The maximum absolute atomic E-state index is 12.8. The Morgan fingerprint density at radius 1 is 1.12 bits per heavy atom. The molecule has 0 unspecified atom stereocenters. The van der Waals surface area contributed by atoms with Gasteiger partial charge in [-0.1, -0.05) is 48.0 Å². The Bertz CT molecular complexity index is 1370. The Morgan fingerprint density at radius 3 is 2.56 bits per heavy atom. The van der Waals surface area contributed by atoms with Crippen molar-refractivity contribution in [3.63, 3.8) is 0 Å². The van der Waals surface area contributed by atoms with Crippen LogP contribution in [0.4, 0.5) is 0 Å². The molecule has 2 heterocycles. The highest BCUT2D eigenvalue weighted by Gasteiger charge is 2.19. The van der Waals surface area contributed by atoms with Crippen LogP contribution in [0.5, 0.6) is 0 Å². The van der Waals surface area contributed by atoms with Crippen LogP contribution in [0.3, 0.4) is 0 Å². The number of H-pyrrole nitrogens is 1. The fourth-order valence-electron chi connectivity index (χ4n) is 3.09. The summed E-state index contributed by atoms with van der Waals surface area (Å²) >= 11 is 6.39. The molecular formula is C21H19ClN6O3S. The predicted molar refractivity (Wildman–Crippen MR) is 120 cm³/mol. The first kappa shape index (κ1) is 21.7. The van der Waals surface area contributed by atoms with Gasteiger partial charge in [0.25, 0.3) is 5.91 Å². The normalized spacial score (nSPS) is 11.4. The summed E-state index contributed by atoms with van der Waals surface area (Å²) < 4.78 is 24.4. The molecule has 0 bridgehead atoms. The van der Waals surface area contributed by atoms with Crippen LogP contribution >= 0.6 is 11.6 Å². The largest absolute Gasteiger partial charge is 0.343 e. The first-order valence-electron chi connectivity index (χ1n) is 9.56. The molecule has 2 aromatic heterocycles. The molecule has 1 amide bonds. The monoisotopic (exact) mass is 470 g/mol. The van der Waals surface area contributed by atoms with Gasteiger partial charge in [-0.25, -0.2) is 18.1 Å². The third-order valence-electron chi connectivity index (χ3n) is 4.48. The Kier molecular flexibility index (Phi) is 6.06. The molecule has 0 aliphatic carbocycles. The summed E-state index contributed by atoms with van der Waals surface area (Å²) in [6.07, 6.45) is 1.10. The molecule has 0 saturated heterocycles. The van der Waals surface area contributed by atoms with Crippen LogP contribution in [0.15, 0.2) is 60.7 Å². The highest BCUT2D eigenvalue weighted by molar-refractivity contribution is 7.89. The van der Waals surface area contributed by atoms with Crippen molar-refractivity contribution in [3.8, 4) is 16.9 Å². The van der Waals surface area contributed by atoms with Crippen LogP contribution in [0.25, 0.3) is 16.9 Å². The molecule has 164 valence electrons. The number of para-hydroxylation sites is 1. The molecule has 11 heteroatoms. The van der Waals surface area contributed by atoms with Crippen LogP contribution in [-0.2, 0) is 22.1 Å². The van der Waals surface area contributed by atoms with Gasteiger partial charge in [-0.15, -0.1) is 0 Å². The lowest BCUT2D eigenvalue weighted by molar-refractivity contribution is 0.0944. The van der Waals surface area contributed by atoms with Crippen LogP contribution < -0.4 is 5.32 Å². The van der Waals surface area contributed by atoms with Crippen molar-refractivity contribution in [2.24, 2.45) is 0 Å². The van der Waals surface area contributed by atoms with Crippen molar-refractivity contribution in [3.05, 3.63) is 83.0 Å². The van der Waals surface area contributed by atoms with Gasteiger partial charge in [0.1, 0.15) is 11.6 Å². The van der Waals surface area contributed by atoms with E-state index in [4.69, 9.17) is 11.6 Å². The van der Waals surface area contributed by atoms with E-state index in [2.05, 4.69) is 25.6 Å². The lowest BCUT2D eigenvalue weighted by Gasteiger charge is -2.08. The molecule has 4 rings (SSSR count). The van der Waals surface area contributed by atoms with Crippen molar-refractivity contribution in [1.29, 1.82) is 0 Å². The van der Waals surface area contributed by atoms with Crippen LogP contribution in [0, 0.1) is 0 Å². The molecule has 0 saturated carbocycles. The number of aromatic amines is 1. The number of sulfone groups is 1. The number of amides is 1. The molecule has 0 fully saturated rings. The molecule has 0 aliphatic heterocycles. The Hall–Kier alpha value is -3.50. The molecule has 4 aromatic rings. The molecule has 32 heavy (non-hydrogen) atoms. The van der Waals surface area contributed by atoms with Crippen molar-refractivity contribution in [2.75, 3.05) is 6.26 Å². The van der Waals surface area contributed by atoms with E-state index in [1.165, 1.54) is 0 Å². The van der Waals surface area contributed by atoms with E-state index in [0.717, 1.165) is 17.5 Å². The van der Waals surface area contributed by atoms with E-state index in [-0.39, 0.29) is 23.8 Å². The van der Waals surface area contributed by atoms with Crippen molar-refractivity contribution in [2.45, 2.75) is 12.3 Å². The van der Waals surface area contributed by atoms with Crippen LogP contribution in [0.2, 0.25) is 5.02 Å². The molecule has 0 radical (unpaired) electrons. The number of nitrogens with one attached hydrogen (secondary N) is 2. The van der Waals surface area contributed by atoms with Crippen LogP contribution in [0.1, 0.15) is 22.1 Å². The minimum Gasteiger partial charge on any atom is -0.343 e. The smallest absolute Gasteiger partial charge is 0.272 e. The highest BCUT2D eigenvalue weighted by Crippen LogP contribution is 2.30. The summed E-state index contributed by atoms with van der Waals surface area (Å²) in [7, 11) is -3.25. The summed E-state index contributed by atoms with van der Waals surface area (Å²) in [6, 6.07) is 18.4. The summed E-state index contributed by atoms with van der Waals surface area (Å²) in [5, 5.41) is 14.2. The minimum absolute atomic E-state index is 0.0369. The maximum Gasteiger partial charge on any atom is 0.272 e. The summed E-state index contributed by atoms with van der Waals surface area (Å²) in [5.41, 5.74) is 2.38. The maximum atomic E-state index is 12.8. The minimum atomic E-state index is -3.25. The number of benzene rings is 2. The number of aromatic nitrogens is 5. The first-order chi connectivity index (χ1) is 15.3. The SMILES string of the molecule is CS(=O)(=O)Cc1n[nH]c(CNC(=O)c2cc(-c3ccccc3Cl)n(-c3ccccc3)n2)n1. The summed E-state index contributed by atoms with van der Waals surface area (Å²) in [4.78, 5) is 16.9. The molecule has 0 atom stereocenters. The second-order valence-electron chi connectivity index (χ2n) is 7.09. The van der Waals surface area contributed by atoms with E-state index in [0.29, 0.717) is 16.5 Å². The average Bonchev–Trinajstić information content (AvgIpc) is 3.39. The van der Waals surface area contributed by atoms with Gasteiger partial charge in [0, 0.05) is 16.8 Å². The topological polar surface area (TPSA) is 123 Å². The quantitative estimate of drug-likeness (QED) is 0.428. The van der Waals surface area contributed by atoms with E-state index in [1.54, 1.807) is 16.8 Å². The number of carbonyl (C=O) groups excluding carboxylic acids is 1. The zero-order chi connectivity index (χ0) is 22.7. The summed E-state index contributed by atoms with van der Waals surface area (Å²) in [5.74, 6) is -0.217. The number of rotatable bonds is 7. The highest BCUT2D eigenvalue weighted by atomic mass is 35.5. The van der Waals surface area contributed by atoms with Gasteiger partial charge in [0.15, 0.2) is 21.4 Å². The summed E-state index contributed by atoms with van der Waals surface area (Å²) in [6.45, 7) is 0.0369. The van der Waals surface area contributed by atoms with Gasteiger partial charge in [0.2, 0.25) is 0 Å². The van der Waals surface area contributed by atoms with Gasteiger partial charge in [-0.2, -0.15) is 10.2 Å². The second kappa shape index (κ2) is 8.93. The Labute approximate surface area is 189 Å². The van der Waals surface area contributed by atoms with Gasteiger partial charge in [-0.05, 0) is 24.3 Å². The predicted octanol–water partition coefficient (Wildman–Crippen LogP) is 2.79. The molecule has 0 aliphatic rings. The molecule has 2 aromatic carbocycles. The second-order valence-corrected chi connectivity index (χ2v) is 9.64. The van der Waals surface area contributed by atoms with E-state index in [1.807, 2.05) is 48.5 Å². The number of hydrogen-bond acceptors (Lipinski definition) is 6. The fraction of sp³-hybridized carbons (Fsp3) is 0.143.